The molecule has 0 atom stereocenters. The molecule has 9 heavy (non-hydrogen) atoms. The molecule has 0 saturated carbocycles. The van der Waals surface area contributed by atoms with Crippen LogP contribution in [-0.4, -0.2) is 18.8 Å². The minimum Gasteiger partial charge on any atom is -0.452 e. The molecule has 0 aromatic carbocycles. The van der Waals surface area contributed by atoms with E-state index in [2.05, 4.69) is 19.7 Å². The Morgan fingerprint density at radius 2 is 1.44 bits per heavy atom. The van der Waals surface area contributed by atoms with Crippen LogP contribution in [0.3, 0.4) is 0 Å². The Balaban J connectivity index is 4.34. The molecule has 49 valence electrons. The smallest absolute Gasteiger partial charge is 0.253 e. The van der Waals surface area contributed by atoms with E-state index in [4.69, 9.17) is 4.12 Å². The van der Waals surface area contributed by atoms with Gasteiger partial charge in [-0.15, -0.1) is 19.7 Å². The van der Waals surface area contributed by atoms with Crippen LogP contribution in [-0.2, 0) is 4.12 Å². The molecule has 1 nitrogen and oxygen atoms in total. The summed E-state index contributed by atoms with van der Waals surface area (Å²) < 4.78 is 5.20. The second-order valence-corrected chi connectivity index (χ2v) is 5.70. The molecule has 0 N–H and O–H groups in total. The summed E-state index contributed by atoms with van der Waals surface area (Å²) in [5, 5.41) is 0. The van der Waals surface area contributed by atoms with Gasteiger partial charge in [0.05, 0.1) is 0 Å². The molecule has 0 amide bonds. The van der Waals surface area contributed by atoms with Gasteiger partial charge in [0.15, 0.2) is 10.5 Å². The summed E-state index contributed by atoms with van der Waals surface area (Å²) in [6.45, 7) is 10.9. The predicted molar refractivity (Wildman–Crippen MR) is 46.0 cm³/mol. The average Bonchev–Trinajstić information content (AvgIpc) is 1.95. The van der Waals surface area contributed by atoms with Gasteiger partial charge in [-0.1, -0.05) is 17.1 Å². The third-order valence-corrected chi connectivity index (χ3v) is 5.12. The van der Waals surface area contributed by atoms with E-state index in [1.54, 1.807) is 17.1 Å². The molecule has 1 radical (unpaired) electrons. The van der Waals surface area contributed by atoms with Crippen molar-refractivity contribution >= 4 is 18.8 Å². The molecule has 0 heterocycles. The van der Waals surface area contributed by atoms with E-state index >= 15 is 0 Å². The fraction of sp³-hybridized carbons (Fsp3) is 0. The molecule has 3 heteroatoms. The SMILES string of the molecule is C=C[Si](C=C)(C=C)O[SiH2]. The maximum Gasteiger partial charge on any atom is 0.253 e. The second-order valence-electron chi connectivity index (χ2n) is 1.61. The molecule has 0 rings (SSSR count). The van der Waals surface area contributed by atoms with Crippen LogP contribution in [0.1, 0.15) is 0 Å². The third kappa shape index (κ3) is 1.78. The molecule has 0 aromatic rings. The minimum atomic E-state index is -1.89. The highest BCUT2D eigenvalue weighted by molar-refractivity contribution is 6.89. The van der Waals surface area contributed by atoms with Gasteiger partial charge in [0.1, 0.15) is 0 Å². The molecule has 0 spiro atoms. The lowest BCUT2D eigenvalue weighted by Crippen LogP contribution is -2.30. The molecular weight excluding hydrogens is 144 g/mol. The van der Waals surface area contributed by atoms with Crippen molar-refractivity contribution in [3.8, 4) is 0 Å². The van der Waals surface area contributed by atoms with Crippen molar-refractivity contribution in [2.24, 2.45) is 0 Å². The fourth-order valence-corrected chi connectivity index (χ4v) is 2.34. The molecule has 0 aromatic heterocycles. The van der Waals surface area contributed by atoms with E-state index < -0.39 is 8.32 Å². The van der Waals surface area contributed by atoms with E-state index in [-0.39, 0.29) is 0 Å². The summed E-state index contributed by atoms with van der Waals surface area (Å²) in [5.41, 5.74) is 5.38. The summed E-state index contributed by atoms with van der Waals surface area (Å²) >= 11 is 0. The molecule has 0 aliphatic heterocycles. The van der Waals surface area contributed by atoms with E-state index in [0.717, 1.165) is 0 Å². The van der Waals surface area contributed by atoms with Crippen molar-refractivity contribution in [3.05, 3.63) is 36.8 Å². The van der Waals surface area contributed by atoms with Crippen LogP contribution in [0, 0.1) is 0 Å². The maximum absolute atomic E-state index is 5.20. The number of hydrogen-bond donors (Lipinski definition) is 0. The zero-order valence-corrected chi connectivity index (χ0v) is 7.88. The third-order valence-electron chi connectivity index (χ3n) is 1.21. The van der Waals surface area contributed by atoms with Crippen LogP contribution < -0.4 is 0 Å². The second kappa shape index (κ2) is 3.60. The normalized spacial score (nSPS) is 10.3. The van der Waals surface area contributed by atoms with Gasteiger partial charge in [0, 0.05) is 0 Å². The van der Waals surface area contributed by atoms with Gasteiger partial charge in [-0.2, -0.15) is 0 Å². The number of hydrogen-bond acceptors (Lipinski definition) is 1. The van der Waals surface area contributed by atoms with Crippen LogP contribution >= 0.6 is 0 Å². The van der Waals surface area contributed by atoms with Gasteiger partial charge in [0.25, 0.3) is 8.32 Å². The van der Waals surface area contributed by atoms with E-state index in [1.807, 2.05) is 0 Å². The van der Waals surface area contributed by atoms with Gasteiger partial charge < -0.3 is 4.12 Å². The Hall–Kier alpha value is -0.386. The van der Waals surface area contributed by atoms with Crippen LogP contribution in [0.2, 0.25) is 0 Å². The molecule has 0 fully saturated rings. The summed E-state index contributed by atoms with van der Waals surface area (Å²) in [7, 11) is -0.423. The topological polar surface area (TPSA) is 9.23 Å². The largest absolute Gasteiger partial charge is 0.452 e. The molecule has 0 unspecified atom stereocenters. The summed E-state index contributed by atoms with van der Waals surface area (Å²) in [6, 6.07) is 0. The van der Waals surface area contributed by atoms with E-state index in [1.165, 1.54) is 10.5 Å². The van der Waals surface area contributed by atoms with Gasteiger partial charge in [-0.05, 0) is 0 Å². The summed E-state index contributed by atoms with van der Waals surface area (Å²) in [5.74, 6) is 0. The van der Waals surface area contributed by atoms with E-state index in [9.17, 15) is 0 Å². The lowest BCUT2D eigenvalue weighted by Gasteiger charge is -2.16. The molecule has 0 aliphatic rings. The van der Waals surface area contributed by atoms with Gasteiger partial charge in [-0.3, -0.25) is 0 Å². The Kier molecular flexibility index (Phi) is 3.45. The summed E-state index contributed by atoms with van der Waals surface area (Å²) in [6.07, 6.45) is 0. The molecule has 0 saturated heterocycles. The number of rotatable bonds is 4. The first-order valence-corrected chi connectivity index (χ1v) is 5.30. The van der Waals surface area contributed by atoms with Gasteiger partial charge in [-0.25, -0.2) is 0 Å². The lowest BCUT2D eigenvalue weighted by molar-refractivity contribution is 0.640. The van der Waals surface area contributed by atoms with Gasteiger partial charge in [0.2, 0.25) is 0 Å². The zero-order valence-electron chi connectivity index (χ0n) is 5.47. The highest BCUT2D eigenvalue weighted by Gasteiger charge is 2.19. The van der Waals surface area contributed by atoms with Crippen LogP contribution in [0.5, 0.6) is 0 Å². The highest BCUT2D eigenvalue weighted by Crippen LogP contribution is 2.05. The maximum atomic E-state index is 5.20. The van der Waals surface area contributed by atoms with Crippen molar-refractivity contribution in [1.82, 2.24) is 0 Å². The quantitative estimate of drug-likeness (QED) is 0.542. The average molecular weight is 155 g/mol. The van der Waals surface area contributed by atoms with Crippen molar-refractivity contribution in [3.63, 3.8) is 0 Å². The highest BCUT2D eigenvalue weighted by atomic mass is 28.4. The first-order valence-electron chi connectivity index (χ1n) is 2.58. The van der Waals surface area contributed by atoms with Crippen LogP contribution in [0.25, 0.3) is 0 Å². The predicted octanol–water partition coefficient (Wildman–Crippen LogP) is 0.672. The summed E-state index contributed by atoms with van der Waals surface area (Å²) in [4.78, 5) is 0. The molecular formula is C6H11OSi2. The Morgan fingerprint density at radius 1 is 1.11 bits per heavy atom. The lowest BCUT2D eigenvalue weighted by atomic mass is 11.2. The Labute approximate surface area is 60.4 Å². The van der Waals surface area contributed by atoms with Crippen molar-refractivity contribution < 1.29 is 4.12 Å². The first kappa shape index (κ1) is 8.61. The standard InChI is InChI=1S/C6H11OSi2/c1-4-9(5-2,6-3)7-8/h4-6H,1-3,8H2. The van der Waals surface area contributed by atoms with Crippen molar-refractivity contribution in [1.29, 1.82) is 0 Å². The van der Waals surface area contributed by atoms with Crippen LogP contribution in [0.15, 0.2) is 36.8 Å². The van der Waals surface area contributed by atoms with Gasteiger partial charge >= 0.3 is 0 Å². The zero-order chi connectivity index (χ0) is 7.33. The Bertz CT molecular complexity index is 109. The van der Waals surface area contributed by atoms with Crippen molar-refractivity contribution in [2.45, 2.75) is 0 Å². The first-order chi connectivity index (χ1) is 4.24. The van der Waals surface area contributed by atoms with Crippen LogP contribution in [0.4, 0.5) is 0 Å². The minimum absolute atomic E-state index is 1.46. The Morgan fingerprint density at radius 3 is 1.44 bits per heavy atom. The molecule has 0 aliphatic carbocycles. The monoisotopic (exact) mass is 155 g/mol. The van der Waals surface area contributed by atoms with E-state index in [0.29, 0.717) is 0 Å². The molecule has 0 bridgehead atoms. The fourth-order valence-electron chi connectivity index (χ4n) is 0.427. The van der Waals surface area contributed by atoms with Crippen molar-refractivity contribution in [2.75, 3.05) is 0 Å².